The molecule has 1 aromatic heterocycles. The molecule has 0 aliphatic heterocycles. The van der Waals surface area contributed by atoms with Crippen molar-refractivity contribution >= 4 is 22.4 Å². The molecule has 1 heterocycles. The van der Waals surface area contributed by atoms with Crippen molar-refractivity contribution in [1.29, 1.82) is 0 Å². The van der Waals surface area contributed by atoms with Gasteiger partial charge in [-0.1, -0.05) is 0 Å². The molecule has 0 bridgehead atoms. The third-order valence-electron chi connectivity index (χ3n) is 2.99. The number of thiazole rings is 1. The SMILES string of the molecule is COCC(=O)Nc1nc(-c2ccc(OC)c(C)c2)c(C)s1. The van der Waals surface area contributed by atoms with E-state index in [0.29, 0.717) is 5.13 Å². The predicted molar refractivity (Wildman–Crippen MR) is 84.1 cm³/mol. The summed E-state index contributed by atoms with van der Waals surface area (Å²) in [6, 6.07) is 5.92. The lowest BCUT2D eigenvalue weighted by molar-refractivity contribution is -0.119. The summed E-state index contributed by atoms with van der Waals surface area (Å²) >= 11 is 1.45. The van der Waals surface area contributed by atoms with E-state index >= 15 is 0 Å². The van der Waals surface area contributed by atoms with E-state index in [1.54, 1.807) is 7.11 Å². The topological polar surface area (TPSA) is 60.5 Å². The van der Waals surface area contributed by atoms with Gasteiger partial charge in [-0.2, -0.15) is 0 Å². The average molecular weight is 306 g/mol. The monoisotopic (exact) mass is 306 g/mol. The van der Waals surface area contributed by atoms with E-state index < -0.39 is 0 Å². The maximum absolute atomic E-state index is 11.5. The number of methoxy groups -OCH3 is 2. The molecule has 1 aromatic carbocycles. The number of aromatic nitrogens is 1. The molecule has 0 aliphatic carbocycles. The van der Waals surface area contributed by atoms with Crippen molar-refractivity contribution in [2.24, 2.45) is 0 Å². The van der Waals surface area contributed by atoms with Crippen molar-refractivity contribution in [1.82, 2.24) is 4.98 Å². The zero-order valence-corrected chi connectivity index (χ0v) is 13.3. The number of nitrogens with zero attached hydrogens (tertiary/aromatic N) is 1. The van der Waals surface area contributed by atoms with Crippen LogP contribution in [0.4, 0.5) is 5.13 Å². The molecule has 1 N–H and O–H groups in total. The van der Waals surface area contributed by atoms with Gasteiger partial charge in [0.2, 0.25) is 0 Å². The second-order valence-corrected chi connectivity index (χ2v) is 5.79. The minimum atomic E-state index is -0.205. The Morgan fingerprint density at radius 3 is 2.71 bits per heavy atom. The maximum atomic E-state index is 11.5. The number of hydrogen-bond acceptors (Lipinski definition) is 5. The van der Waals surface area contributed by atoms with Crippen LogP contribution < -0.4 is 10.1 Å². The summed E-state index contributed by atoms with van der Waals surface area (Å²) in [5, 5.41) is 3.31. The number of rotatable bonds is 5. The summed E-state index contributed by atoms with van der Waals surface area (Å²) in [7, 11) is 3.14. The highest BCUT2D eigenvalue weighted by Crippen LogP contribution is 2.32. The standard InChI is InChI=1S/C15H18N2O3S/c1-9-7-11(5-6-12(9)20-4)14-10(2)21-15(17-14)16-13(18)8-19-3/h5-7H,8H2,1-4H3,(H,16,17,18). The first-order valence-corrected chi connectivity index (χ1v) is 7.28. The van der Waals surface area contributed by atoms with E-state index in [1.165, 1.54) is 18.4 Å². The zero-order chi connectivity index (χ0) is 15.4. The molecule has 0 unspecified atom stereocenters. The van der Waals surface area contributed by atoms with Gasteiger partial charge in [0.05, 0.1) is 12.8 Å². The van der Waals surface area contributed by atoms with Gasteiger partial charge in [-0.3, -0.25) is 10.1 Å². The summed E-state index contributed by atoms with van der Waals surface area (Å²) in [4.78, 5) is 17.1. The highest BCUT2D eigenvalue weighted by atomic mass is 32.1. The highest BCUT2D eigenvalue weighted by Gasteiger charge is 2.13. The Kier molecular flexibility index (Phi) is 4.93. The third-order valence-corrected chi connectivity index (χ3v) is 3.87. The first kappa shape index (κ1) is 15.5. The molecule has 0 aliphatic rings. The molecule has 5 nitrogen and oxygen atoms in total. The van der Waals surface area contributed by atoms with Crippen molar-refractivity contribution in [2.75, 3.05) is 26.1 Å². The predicted octanol–water partition coefficient (Wildman–Crippen LogP) is 3.02. The minimum Gasteiger partial charge on any atom is -0.496 e. The lowest BCUT2D eigenvalue weighted by Crippen LogP contribution is -2.16. The summed E-state index contributed by atoms with van der Waals surface area (Å²) in [6.07, 6.45) is 0. The van der Waals surface area contributed by atoms with E-state index in [-0.39, 0.29) is 12.5 Å². The number of benzene rings is 1. The number of carbonyl (C=O) groups excluding carboxylic acids is 1. The number of anilines is 1. The van der Waals surface area contributed by atoms with Gasteiger partial charge in [-0.05, 0) is 37.6 Å². The molecule has 1 amide bonds. The number of aryl methyl sites for hydroxylation is 2. The fourth-order valence-corrected chi connectivity index (χ4v) is 2.88. The van der Waals surface area contributed by atoms with Gasteiger partial charge in [-0.15, -0.1) is 11.3 Å². The lowest BCUT2D eigenvalue weighted by atomic mass is 10.1. The number of hydrogen-bond donors (Lipinski definition) is 1. The molecule has 2 aromatic rings. The quantitative estimate of drug-likeness (QED) is 0.922. The molecule has 0 saturated carbocycles. The van der Waals surface area contributed by atoms with Crippen molar-refractivity contribution in [3.05, 3.63) is 28.6 Å². The molecule has 2 rings (SSSR count). The fourth-order valence-electron chi connectivity index (χ4n) is 2.03. The van der Waals surface area contributed by atoms with Gasteiger partial charge in [0, 0.05) is 17.6 Å². The second-order valence-electron chi connectivity index (χ2n) is 4.59. The van der Waals surface area contributed by atoms with E-state index in [1.807, 2.05) is 32.0 Å². The van der Waals surface area contributed by atoms with Crippen molar-refractivity contribution in [3.8, 4) is 17.0 Å². The van der Waals surface area contributed by atoms with Gasteiger partial charge in [0.15, 0.2) is 5.13 Å². The Morgan fingerprint density at radius 1 is 1.33 bits per heavy atom. The fraction of sp³-hybridized carbons (Fsp3) is 0.333. The number of carbonyl (C=O) groups is 1. The van der Waals surface area contributed by atoms with Gasteiger partial charge in [-0.25, -0.2) is 4.98 Å². The number of nitrogens with one attached hydrogen (secondary N) is 1. The van der Waals surface area contributed by atoms with Crippen LogP contribution >= 0.6 is 11.3 Å². The van der Waals surface area contributed by atoms with E-state index in [0.717, 1.165) is 27.4 Å². The van der Waals surface area contributed by atoms with Crippen LogP contribution in [0.25, 0.3) is 11.3 Å². The van der Waals surface area contributed by atoms with E-state index in [9.17, 15) is 4.79 Å². The first-order chi connectivity index (χ1) is 10.0. The Balaban J connectivity index is 2.26. The Hall–Kier alpha value is -1.92. The first-order valence-electron chi connectivity index (χ1n) is 6.46. The maximum Gasteiger partial charge on any atom is 0.252 e. The van der Waals surface area contributed by atoms with Crippen molar-refractivity contribution in [2.45, 2.75) is 13.8 Å². The smallest absolute Gasteiger partial charge is 0.252 e. The summed E-state index contributed by atoms with van der Waals surface area (Å²) in [5.41, 5.74) is 2.93. The Bertz CT molecular complexity index is 652. The molecule has 0 radical (unpaired) electrons. The molecule has 0 spiro atoms. The second kappa shape index (κ2) is 6.69. The van der Waals surface area contributed by atoms with Crippen LogP contribution in [-0.4, -0.2) is 31.7 Å². The minimum absolute atomic E-state index is 0.0234. The van der Waals surface area contributed by atoms with Crippen LogP contribution in [0.15, 0.2) is 18.2 Å². The summed E-state index contributed by atoms with van der Waals surface area (Å²) in [6.45, 7) is 4.00. The largest absolute Gasteiger partial charge is 0.496 e. The van der Waals surface area contributed by atoms with E-state index in [4.69, 9.17) is 9.47 Å². The molecule has 0 fully saturated rings. The molecule has 0 saturated heterocycles. The normalized spacial score (nSPS) is 10.5. The molecule has 112 valence electrons. The van der Waals surface area contributed by atoms with Gasteiger partial charge in [0.1, 0.15) is 12.4 Å². The van der Waals surface area contributed by atoms with Crippen LogP contribution in [0.5, 0.6) is 5.75 Å². The molecule has 6 heteroatoms. The Morgan fingerprint density at radius 2 is 2.10 bits per heavy atom. The lowest BCUT2D eigenvalue weighted by Gasteiger charge is -2.06. The van der Waals surface area contributed by atoms with Crippen LogP contribution in [0.1, 0.15) is 10.4 Å². The summed E-state index contributed by atoms with van der Waals surface area (Å²) < 4.78 is 10.1. The summed E-state index contributed by atoms with van der Waals surface area (Å²) in [5.74, 6) is 0.643. The van der Waals surface area contributed by atoms with Gasteiger partial charge < -0.3 is 9.47 Å². The molecular weight excluding hydrogens is 288 g/mol. The third kappa shape index (κ3) is 3.59. The Labute approximate surface area is 127 Å². The van der Waals surface area contributed by atoms with Crippen LogP contribution in [-0.2, 0) is 9.53 Å². The van der Waals surface area contributed by atoms with E-state index in [2.05, 4.69) is 10.3 Å². The molecule has 0 atom stereocenters. The van der Waals surface area contributed by atoms with Gasteiger partial charge in [0.25, 0.3) is 5.91 Å². The number of amides is 1. The van der Waals surface area contributed by atoms with Gasteiger partial charge >= 0.3 is 0 Å². The van der Waals surface area contributed by atoms with Crippen molar-refractivity contribution < 1.29 is 14.3 Å². The number of ether oxygens (including phenoxy) is 2. The van der Waals surface area contributed by atoms with Crippen LogP contribution in [0.3, 0.4) is 0 Å². The molecular formula is C15H18N2O3S. The highest BCUT2D eigenvalue weighted by molar-refractivity contribution is 7.16. The average Bonchev–Trinajstić information content (AvgIpc) is 2.79. The van der Waals surface area contributed by atoms with Crippen LogP contribution in [0, 0.1) is 13.8 Å². The molecule has 21 heavy (non-hydrogen) atoms. The van der Waals surface area contributed by atoms with Crippen molar-refractivity contribution in [3.63, 3.8) is 0 Å². The van der Waals surface area contributed by atoms with Crippen LogP contribution in [0.2, 0.25) is 0 Å². The zero-order valence-electron chi connectivity index (χ0n) is 12.5.